The number of nitrogens with zero attached hydrogens (tertiary/aromatic N) is 4. The van der Waals surface area contributed by atoms with Crippen LogP contribution < -0.4 is 21.5 Å². The van der Waals surface area contributed by atoms with Crippen molar-refractivity contribution in [1.82, 2.24) is 15.0 Å². The summed E-state index contributed by atoms with van der Waals surface area (Å²) in [6.07, 6.45) is 3.77. The highest BCUT2D eigenvalue weighted by molar-refractivity contribution is 5.42. The summed E-state index contributed by atoms with van der Waals surface area (Å²) in [5.74, 6) is 7.18. The smallest absolute Gasteiger partial charge is 0.243 e. The van der Waals surface area contributed by atoms with E-state index < -0.39 is 0 Å². The molecule has 2 unspecified atom stereocenters. The molecule has 0 bridgehead atoms. The minimum absolute atomic E-state index is 0.174. The van der Waals surface area contributed by atoms with Crippen LogP contribution in [0.3, 0.4) is 0 Å². The van der Waals surface area contributed by atoms with Crippen LogP contribution in [0.1, 0.15) is 25.7 Å². The second-order valence-corrected chi connectivity index (χ2v) is 5.39. The molecular weight excluding hydrogens is 258 g/mol. The van der Waals surface area contributed by atoms with Gasteiger partial charge in [0.1, 0.15) is 0 Å². The van der Waals surface area contributed by atoms with E-state index in [1.165, 1.54) is 0 Å². The van der Waals surface area contributed by atoms with E-state index >= 15 is 0 Å². The normalized spacial score (nSPS) is 22.4. The van der Waals surface area contributed by atoms with E-state index in [1.54, 1.807) is 4.90 Å². The van der Waals surface area contributed by atoms with Crippen molar-refractivity contribution in [2.24, 2.45) is 11.8 Å². The van der Waals surface area contributed by atoms with E-state index in [9.17, 15) is 5.11 Å². The highest BCUT2D eigenvalue weighted by atomic mass is 16.3. The van der Waals surface area contributed by atoms with Crippen LogP contribution in [0.2, 0.25) is 0 Å². The Kier molecular flexibility index (Phi) is 4.91. The maximum atomic E-state index is 9.67. The van der Waals surface area contributed by atoms with Gasteiger partial charge in [-0.1, -0.05) is 6.42 Å². The van der Waals surface area contributed by atoms with Crippen molar-refractivity contribution in [3.05, 3.63) is 0 Å². The molecule has 0 amide bonds. The third-order valence-corrected chi connectivity index (χ3v) is 3.46. The van der Waals surface area contributed by atoms with Gasteiger partial charge >= 0.3 is 0 Å². The summed E-state index contributed by atoms with van der Waals surface area (Å²) in [5.41, 5.74) is 2.44. The minimum atomic E-state index is -0.174. The van der Waals surface area contributed by atoms with Crippen molar-refractivity contribution in [1.29, 1.82) is 0 Å². The number of aliphatic hydroxyl groups excluding tert-OH is 1. The van der Waals surface area contributed by atoms with Crippen molar-refractivity contribution in [2.75, 3.05) is 36.3 Å². The lowest BCUT2D eigenvalue weighted by molar-refractivity contribution is 0.104. The molecule has 1 aliphatic carbocycles. The van der Waals surface area contributed by atoms with Crippen LogP contribution in [0.5, 0.6) is 0 Å². The maximum absolute atomic E-state index is 9.67. The summed E-state index contributed by atoms with van der Waals surface area (Å²) >= 11 is 0. The summed E-state index contributed by atoms with van der Waals surface area (Å²) in [6.45, 7) is 0.748. The fourth-order valence-corrected chi connectivity index (χ4v) is 2.39. The molecule has 0 aromatic carbocycles. The van der Waals surface area contributed by atoms with Crippen LogP contribution in [0, 0.1) is 5.92 Å². The van der Waals surface area contributed by atoms with Crippen LogP contribution in [-0.2, 0) is 0 Å². The summed E-state index contributed by atoms with van der Waals surface area (Å²) in [6, 6.07) is 0. The topological polar surface area (TPSA) is 112 Å². The van der Waals surface area contributed by atoms with Gasteiger partial charge in [-0.05, 0) is 25.2 Å². The Morgan fingerprint density at radius 3 is 2.65 bits per heavy atom. The number of nitrogen functional groups attached to an aromatic ring is 1. The van der Waals surface area contributed by atoms with E-state index in [-0.39, 0.29) is 6.10 Å². The van der Waals surface area contributed by atoms with E-state index in [1.807, 2.05) is 14.1 Å². The number of hydrogen-bond donors (Lipinski definition) is 4. The average Bonchev–Trinajstić information content (AvgIpc) is 2.45. The lowest BCUT2D eigenvalue weighted by Crippen LogP contribution is -2.26. The molecule has 0 radical (unpaired) electrons. The molecule has 1 fully saturated rings. The van der Waals surface area contributed by atoms with Crippen LogP contribution in [-0.4, -0.2) is 46.8 Å². The van der Waals surface area contributed by atoms with E-state index in [4.69, 9.17) is 5.84 Å². The zero-order chi connectivity index (χ0) is 14.5. The number of nitrogens with one attached hydrogen (secondary N) is 2. The largest absolute Gasteiger partial charge is 0.393 e. The van der Waals surface area contributed by atoms with Crippen LogP contribution in [0.25, 0.3) is 0 Å². The van der Waals surface area contributed by atoms with E-state index in [2.05, 4.69) is 25.7 Å². The molecule has 2 atom stereocenters. The van der Waals surface area contributed by atoms with Crippen LogP contribution >= 0.6 is 0 Å². The molecule has 0 saturated heterocycles. The molecule has 1 aromatic heterocycles. The predicted octanol–water partition coefficient (Wildman–Crippen LogP) is 0.186. The summed E-state index contributed by atoms with van der Waals surface area (Å²) < 4.78 is 0. The molecule has 1 aliphatic rings. The van der Waals surface area contributed by atoms with Crippen LogP contribution in [0.4, 0.5) is 17.8 Å². The molecule has 2 rings (SSSR count). The number of hydrazine groups is 1. The monoisotopic (exact) mass is 281 g/mol. The molecule has 1 saturated carbocycles. The van der Waals surface area contributed by atoms with Gasteiger partial charge in [0, 0.05) is 20.6 Å². The standard InChI is InChI=1S/C12H23N7O/c1-19(2)12-16-10(15-11(17-12)18-13)14-7-8-4-3-5-9(20)6-8/h8-9,20H,3-7,13H2,1-2H3,(H2,14,15,16,17,18). The van der Waals surface area contributed by atoms with Gasteiger partial charge in [0.15, 0.2) is 0 Å². The van der Waals surface area contributed by atoms with Gasteiger partial charge < -0.3 is 15.3 Å². The molecule has 112 valence electrons. The quantitative estimate of drug-likeness (QED) is 0.447. The molecule has 20 heavy (non-hydrogen) atoms. The molecule has 8 heteroatoms. The van der Waals surface area contributed by atoms with Crippen LogP contribution in [0.15, 0.2) is 0 Å². The first-order valence-corrected chi connectivity index (χ1v) is 6.90. The Hall–Kier alpha value is -1.67. The van der Waals surface area contributed by atoms with Gasteiger partial charge in [0.05, 0.1) is 6.10 Å². The zero-order valence-electron chi connectivity index (χ0n) is 12.0. The predicted molar refractivity (Wildman–Crippen MR) is 78.4 cm³/mol. The first-order chi connectivity index (χ1) is 9.58. The second kappa shape index (κ2) is 6.67. The zero-order valence-corrected chi connectivity index (χ0v) is 12.0. The Morgan fingerprint density at radius 2 is 2.00 bits per heavy atom. The molecule has 5 N–H and O–H groups in total. The van der Waals surface area contributed by atoms with Gasteiger partial charge in [-0.15, -0.1) is 0 Å². The highest BCUT2D eigenvalue weighted by Gasteiger charge is 2.20. The van der Waals surface area contributed by atoms with E-state index in [0.717, 1.165) is 32.2 Å². The van der Waals surface area contributed by atoms with Crippen molar-refractivity contribution < 1.29 is 5.11 Å². The van der Waals surface area contributed by atoms with Crippen molar-refractivity contribution in [3.63, 3.8) is 0 Å². The first kappa shape index (κ1) is 14.7. The Balaban J connectivity index is 1.99. The van der Waals surface area contributed by atoms with Crippen molar-refractivity contribution in [3.8, 4) is 0 Å². The SMILES string of the molecule is CN(C)c1nc(NN)nc(NCC2CCCC(O)C2)n1. The molecule has 0 spiro atoms. The Morgan fingerprint density at radius 1 is 1.25 bits per heavy atom. The highest BCUT2D eigenvalue weighted by Crippen LogP contribution is 2.24. The number of rotatable bonds is 5. The number of nitrogens with two attached hydrogens (primary N) is 1. The minimum Gasteiger partial charge on any atom is -0.393 e. The summed E-state index contributed by atoms with van der Waals surface area (Å²) in [4.78, 5) is 14.4. The second-order valence-electron chi connectivity index (χ2n) is 5.39. The third-order valence-electron chi connectivity index (χ3n) is 3.46. The number of anilines is 3. The molecule has 1 heterocycles. The van der Waals surface area contributed by atoms with Crippen molar-refractivity contribution >= 4 is 17.8 Å². The molecule has 8 nitrogen and oxygen atoms in total. The Bertz CT molecular complexity index is 440. The van der Waals surface area contributed by atoms with Crippen molar-refractivity contribution in [2.45, 2.75) is 31.8 Å². The Labute approximate surface area is 118 Å². The molecular formula is C12H23N7O. The summed E-state index contributed by atoms with van der Waals surface area (Å²) in [5, 5.41) is 12.9. The number of hydrogen-bond acceptors (Lipinski definition) is 8. The molecule has 0 aliphatic heterocycles. The lowest BCUT2D eigenvalue weighted by atomic mass is 9.87. The van der Waals surface area contributed by atoms with Gasteiger partial charge in [0.2, 0.25) is 17.8 Å². The fraction of sp³-hybridized carbons (Fsp3) is 0.750. The first-order valence-electron chi connectivity index (χ1n) is 6.90. The van der Waals surface area contributed by atoms with Gasteiger partial charge in [-0.25, -0.2) is 5.84 Å². The number of aliphatic hydroxyl groups is 1. The van der Waals surface area contributed by atoms with Gasteiger partial charge in [0.25, 0.3) is 0 Å². The third kappa shape index (κ3) is 3.91. The maximum Gasteiger partial charge on any atom is 0.243 e. The average molecular weight is 281 g/mol. The van der Waals surface area contributed by atoms with Gasteiger partial charge in [-0.3, -0.25) is 5.43 Å². The summed E-state index contributed by atoms with van der Waals surface area (Å²) in [7, 11) is 3.72. The van der Waals surface area contributed by atoms with E-state index in [0.29, 0.717) is 23.8 Å². The molecule has 1 aromatic rings. The number of aromatic nitrogens is 3. The van der Waals surface area contributed by atoms with Gasteiger partial charge in [-0.2, -0.15) is 15.0 Å². The fourth-order valence-electron chi connectivity index (χ4n) is 2.39. The lowest BCUT2D eigenvalue weighted by Gasteiger charge is -2.26.